The van der Waals surface area contributed by atoms with Crippen LogP contribution in [0.3, 0.4) is 0 Å². The van der Waals surface area contributed by atoms with Gasteiger partial charge in [0.1, 0.15) is 6.10 Å². The number of unbranched alkanes of at least 4 members (excludes halogenated alkanes) is 22. The molecular weight excluding hydrogens is 665 g/mol. The third kappa shape index (κ3) is 26.3. The topological polar surface area (TPSA) is 156 Å². The van der Waals surface area contributed by atoms with Crippen LogP contribution in [0.1, 0.15) is 194 Å². The quantitative estimate of drug-likeness (QED) is 0.0208. The SMILES string of the molecule is CCCCCCCC/C=C\CCCCCCCC(=O)C(OP(=O)(O)OCCN)(C(=O)CCCCCCC/C=C\CCCCCCCC)[C@@H](O)CO. The van der Waals surface area contributed by atoms with E-state index in [9.17, 15) is 29.3 Å². The number of phosphoric acid groups is 1. The monoisotopic (exact) mass is 744 g/mol. The van der Waals surface area contributed by atoms with Gasteiger partial charge in [-0.1, -0.05) is 141 Å². The molecule has 5 N–H and O–H groups in total. The van der Waals surface area contributed by atoms with Crippen molar-refractivity contribution in [3.63, 3.8) is 0 Å². The Labute approximate surface area is 312 Å². The largest absolute Gasteiger partial charge is 0.473 e. The van der Waals surface area contributed by atoms with Crippen molar-refractivity contribution >= 4 is 19.4 Å². The van der Waals surface area contributed by atoms with Crippen molar-refractivity contribution in [3.8, 4) is 0 Å². The molecule has 51 heavy (non-hydrogen) atoms. The molecule has 0 aliphatic heterocycles. The number of allylic oxidation sites excluding steroid dienone is 4. The number of rotatable bonds is 39. The van der Waals surface area contributed by atoms with Crippen LogP contribution in [0.5, 0.6) is 0 Å². The maximum Gasteiger partial charge on any atom is 0.473 e. The molecule has 2 atom stereocenters. The summed E-state index contributed by atoms with van der Waals surface area (Å²) in [7, 11) is -4.96. The minimum atomic E-state index is -4.96. The van der Waals surface area contributed by atoms with E-state index in [-0.39, 0.29) is 26.0 Å². The van der Waals surface area contributed by atoms with E-state index in [0.29, 0.717) is 12.8 Å². The van der Waals surface area contributed by atoms with Crippen LogP contribution in [0.25, 0.3) is 0 Å². The molecule has 0 aliphatic carbocycles. The molecule has 0 amide bonds. The lowest BCUT2D eigenvalue weighted by molar-refractivity contribution is -0.164. The van der Waals surface area contributed by atoms with Crippen molar-refractivity contribution < 1.29 is 38.3 Å². The Hall–Kier alpha value is -1.19. The summed E-state index contributed by atoms with van der Waals surface area (Å²) in [6.07, 6.45) is 34.9. The van der Waals surface area contributed by atoms with E-state index < -0.39 is 37.7 Å². The normalized spacial score (nSPS) is 14.1. The van der Waals surface area contributed by atoms with Gasteiger partial charge in [-0.25, -0.2) is 4.57 Å². The van der Waals surface area contributed by atoms with E-state index in [1.165, 1.54) is 77.0 Å². The van der Waals surface area contributed by atoms with Gasteiger partial charge in [0.05, 0.1) is 13.2 Å². The van der Waals surface area contributed by atoms with Crippen LogP contribution < -0.4 is 5.73 Å². The van der Waals surface area contributed by atoms with Crippen LogP contribution in [-0.4, -0.2) is 58.1 Å². The van der Waals surface area contributed by atoms with Gasteiger partial charge in [0.25, 0.3) is 0 Å². The van der Waals surface area contributed by atoms with Crippen LogP contribution in [0.2, 0.25) is 0 Å². The molecule has 0 heterocycles. The van der Waals surface area contributed by atoms with Crippen LogP contribution in [-0.2, 0) is 23.2 Å². The maximum atomic E-state index is 13.6. The Morgan fingerprint density at radius 1 is 0.627 bits per heavy atom. The van der Waals surface area contributed by atoms with E-state index in [1.807, 2.05) is 0 Å². The number of ketones is 2. The number of carbonyl (C=O) groups is 2. The number of aliphatic hydroxyl groups excluding tert-OH is 2. The van der Waals surface area contributed by atoms with Gasteiger partial charge in [0.15, 0.2) is 11.6 Å². The lowest BCUT2D eigenvalue weighted by Crippen LogP contribution is -2.58. The molecule has 0 aromatic rings. The molecule has 0 spiro atoms. The van der Waals surface area contributed by atoms with Crippen LogP contribution in [0, 0.1) is 0 Å². The molecule has 0 rings (SSSR count). The zero-order valence-electron chi connectivity index (χ0n) is 32.7. The van der Waals surface area contributed by atoms with Gasteiger partial charge in [0, 0.05) is 19.4 Å². The van der Waals surface area contributed by atoms with Crippen LogP contribution >= 0.6 is 7.82 Å². The summed E-state index contributed by atoms with van der Waals surface area (Å²) in [6.45, 7) is 3.04. The molecule has 0 saturated carbocycles. The van der Waals surface area contributed by atoms with Crippen molar-refractivity contribution in [2.45, 2.75) is 205 Å². The highest BCUT2D eigenvalue weighted by Crippen LogP contribution is 2.49. The minimum Gasteiger partial charge on any atom is -0.394 e. The summed E-state index contributed by atoms with van der Waals surface area (Å²) in [5.41, 5.74) is 2.72. The number of phosphoric ester groups is 1. The fraction of sp³-hybridized carbons (Fsp3) is 0.854. The minimum absolute atomic E-state index is 0.0881. The second kappa shape index (κ2) is 34.6. The van der Waals surface area contributed by atoms with E-state index >= 15 is 0 Å². The Morgan fingerprint density at radius 2 is 0.961 bits per heavy atom. The molecule has 0 saturated heterocycles. The number of hydrogen-bond donors (Lipinski definition) is 4. The standard InChI is InChI=1S/C41H78NO8P/c1-3-5-7-9-11-13-15-17-19-21-23-25-27-29-31-33-38(44)41(40(46)37-43,50-51(47,48)49-36-35-42)39(45)34-32-30-28-26-24-22-20-18-16-14-12-10-8-6-4-2/h17-20,40,43,46H,3-16,21-37,42H2,1-2H3,(H,47,48)/b19-17-,20-18-/t40-/m0/s1. The number of hydrogen-bond acceptors (Lipinski definition) is 8. The third-order valence-corrected chi connectivity index (χ3v) is 10.5. The maximum absolute atomic E-state index is 13.6. The number of nitrogens with two attached hydrogens (primary N) is 1. The van der Waals surface area contributed by atoms with Gasteiger partial charge in [-0.3, -0.25) is 18.6 Å². The highest BCUT2D eigenvalue weighted by atomic mass is 31.2. The van der Waals surface area contributed by atoms with Gasteiger partial charge in [-0.15, -0.1) is 0 Å². The smallest absolute Gasteiger partial charge is 0.394 e. The first-order valence-corrected chi connectivity index (χ1v) is 22.2. The van der Waals surface area contributed by atoms with E-state index in [0.717, 1.165) is 77.0 Å². The Kier molecular flexibility index (Phi) is 33.8. The summed E-state index contributed by atoms with van der Waals surface area (Å²) in [5, 5.41) is 20.7. The lowest BCUT2D eigenvalue weighted by Gasteiger charge is -2.35. The van der Waals surface area contributed by atoms with Gasteiger partial charge >= 0.3 is 7.82 Å². The predicted molar refractivity (Wildman–Crippen MR) is 211 cm³/mol. The van der Waals surface area contributed by atoms with Crippen LogP contribution in [0.4, 0.5) is 0 Å². The van der Waals surface area contributed by atoms with E-state index in [2.05, 4.69) is 38.2 Å². The average Bonchev–Trinajstić information content (AvgIpc) is 3.12. The molecule has 0 aromatic carbocycles. The molecule has 1 unspecified atom stereocenters. The molecule has 10 heteroatoms. The Balaban J connectivity index is 4.81. The van der Waals surface area contributed by atoms with Crippen molar-refractivity contribution in [3.05, 3.63) is 24.3 Å². The molecule has 0 radical (unpaired) electrons. The molecule has 0 aliphatic rings. The Bertz CT molecular complexity index is 889. The number of aliphatic hydroxyl groups is 2. The molecule has 9 nitrogen and oxygen atoms in total. The summed E-state index contributed by atoms with van der Waals surface area (Å²) < 4.78 is 22.9. The van der Waals surface area contributed by atoms with Crippen molar-refractivity contribution in [2.24, 2.45) is 5.73 Å². The van der Waals surface area contributed by atoms with Gasteiger partial charge in [-0.05, 0) is 64.2 Å². The van der Waals surface area contributed by atoms with Crippen molar-refractivity contribution in [2.75, 3.05) is 19.8 Å². The number of Topliss-reactive ketones (excluding diaryl/α,β-unsaturated/α-hetero) is 2. The first-order chi connectivity index (χ1) is 24.7. The number of carbonyl (C=O) groups excluding carboxylic acids is 2. The zero-order chi connectivity index (χ0) is 37.9. The third-order valence-electron chi connectivity index (χ3n) is 9.43. The molecular formula is C41H78NO8P. The lowest BCUT2D eigenvalue weighted by atomic mass is 9.82. The second-order valence-corrected chi connectivity index (χ2v) is 15.5. The first kappa shape index (κ1) is 49.8. The van der Waals surface area contributed by atoms with Crippen molar-refractivity contribution in [1.29, 1.82) is 0 Å². The first-order valence-electron chi connectivity index (χ1n) is 20.7. The molecule has 0 aromatic heterocycles. The second-order valence-electron chi connectivity index (χ2n) is 14.1. The van der Waals surface area contributed by atoms with Crippen LogP contribution in [0.15, 0.2) is 24.3 Å². The van der Waals surface area contributed by atoms with Gasteiger partial charge in [-0.2, -0.15) is 0 Å². The fourth-order valence-electron chi connectivity index (χ4n) is 6.28. The van der Waals surface area contributed by atoms with Gasteiger partial charge in [0.2, 0.25) is 5.60 Å². The van der Waals surface area contributed by atoms with Crippen molar-refractivity contribution in [1.82, 2.24) is 0 Å². The predicted octanol–water partition coefficient (Wildman–Crippen LogP) is 10.4. The highest BCUT2D eigenvalue weighted by Gasteiger charge is 2.55. The Morgan fingerprint density at radius 3 is 1.29 bits per heavy atom. The van der Waals surface area contributed by atoms with E-state index in [4.69, 9.17) is 14.8 Å². The average molecular weight is 744 g/mol. The zero-order valence-corrected chi connectivity index (χ0v) is 33.6. The molecule has 0 bridgehead atoms. The summed E-state index contributed by atoms with van der Waals surface area (Å²) in [6, 6.07) is 0. The summed E-state index contributed by atoms with van der Waals surface area (Å²) in [5.74, 6) is -1.63. The molecule has 300 valence electrons. The van der Waals surface area contributed by atoms with E-state index in [1.54, 1.807) is 0 Å². The summed E-state index contributed by atoms with van der Waals surface area (Å²) in [4.78, 5) is 37.6. The summed E-state index contributed by atoms with van der Waals surface area (Å²) >= 11 is 0. The fourth-order valence-corrected chi connectivity index (χ4v) is 7.36. The van der Waals surface area contributed by atoms with Gasteiger partial charge < -0.3 is 20.8 Å². The molecule has 0 fully saturated rings. The highest BCUT2D eigenvalue weighted by molar-refractivity contribution is 7.47.